The van der Waals surface area contributed by atoms with Crippen molar-refractivity contribution >= 4 is 56.8 Å². The molecule has 49 heavy (non-hydrogen) atoms. The lowest BCUT2D eigenvalue weighted by atomic mass is 9.88. The number of sulfonamides is 1. The molecular formula is C32H31ClN10O5S. The quantitative estimate of drug-likeness (QED) is 0.166. The number of carbonyl (C=O) groups excluding carboxylic acids is 3. The summed E-state index contributed by atoms with van der Waals surface area (Å²) in [5.74, 6) is -1.63. The van der Waals surface area contributed by atoms with E-state index >= 15 is 0 Å². The number of rotatable bonds is 8. The van der Waals surface area contributed by atoms with Gasteiger partial charge in [-0.3, -0.25) is 19.4 Å². The van der Waals surface area contributed by atoms with Crippen LogP contribution < -0.4 is 26.8 Å². The molecule has 1 spiro atoms. The van der Waals surface area contributed by atoms with Crippen LogP contribution in [0.3, 0.4) is 0 Å². The predicted molar refractivity (Wildman–Crippen MR) is 181 cm³/mol. The molecule has 0 saturated carbocycles. The third-order valence-electron chi connectivity index (χ3n) is 8.30. The van der Waals surface area contributed by atoms with Crippen LogP contribution in [0.15, 0.2) is 82.9 Å². The number of aromatic nitrogens is 3. The molecule has 2 aromatic heterocycles. The van der Waals surface area contributed by atoms with Gasteiger partial charge in [0.25, 0.3) is 5.91 Å². The topological polar surface area (TPSA) is 228 Å². The number of piperidine rings is 1. The number of pyridine rings is 1. The normalized spacial score (nSPS) is 16.3. The highest BCUT2D eigenvalue weighted by molar-refractivity contribution is 7.89. The molecule has 17 heteroatoms. The van der Waals surface area contributed by atoms with Crippen molar-refractivity contribution in [3.63, 3.8) is 0 Å². The Morgan fingerprint density at radius 2 is 1.73 bits per heavy atom. The number of carbonyl (C=O) groups is 3. The van der Waals surface area contributed by atoms with Gasteiger partial charge in [-0.1, -0.05) is 48.0 Å². The van der Waals surface area contributed by atoms with Gasteiger partial charge in [-0.25, -0.2) is 23.1 Å². The van der Waals surface area contributed by atoms with Crippen molar-refractivity contribution < 1.29 is 22.8 Å². The van der Waals surface area contributed by atoms with Crippen LogP contribution in [-0.4, -0.2) is 77.0 Å². The largest absolute Gasteiger partial charge is 0.382 e. The summed E-state index contributed by atoms with van der Waals surface area (Å²) < 4.78 is 28.6. The van der Waals surface area contributed by atoms with Gasteiger partial charge in [-0.15, -0.1) is 0 Å². The maximum Gasteiger partial charge on any atom is 0.302 e. The zero-order chi connectivity index (χ0) is 34.8. The number of nitrogen functional groups attached to an aromatic ring is 2. The van der Waals surface area contributed by atoms with Gasteiger partial charge >= 0.3 is 5.91 Å². The molecule has 2 fully saturated rings. The second-order valence-corrected chi connectivity index (χ2v) is 13.7. The van der Waals surface area contributed by atoms with Crippen molar-refractivity contribution in [1.29, 1.82) is 0 Å². The van der Waals surface area contributed by atoms with Crippen LogP contribution in [0.1, 0.15) is 55.2 Å². The van der Waals surface area contributed by atoms with Crippen molar-refractivity contribution in [2.75, 3.05) is 31.1 Å². The number of benzene rings is 2. The summed E-state index contributed by atoms with van der Waals surface area (Å²) in [5, 5.41) is 6.19. The van der Waals surface area contributed by atoms with E-state index in [-0.39, 0.29) is 62.5 Å². The maximum atomic E-state index is 13.8. The summed E-state index contributed by atoms with van der Waals surface area (Å²) in [6.07, 6.45) is 4.20. The van der Waals surface area contributed by atoms with Gasteiger partial charge < -0.3 is 27.0 Å². The number of hydrogen-bond acceptors (Lipinski definition) is 10. The molecule has 252 valence electrons. The van der Waals surface area contributed by atoms with Crippen LogP contribution >= 0.6 is 11.6 Å². The number of nitrogens with zero attached hydrogens (tertiary/aromatic N) is 5. The minimum Gasteiger partial charge on any atom is -0.382 e. The van der Waals surface area contributed by atoms with E-state index < -0.39 is 27.3 Å². The molecule has 4 heterocycles. The molecule has 0 radical (unpaired) electrons. The van der Waals surface area contributed by atoms with Gasteiger partial charge in [0, 0.05) is 49.7 Å². The molecule has 2 aromatic carbocycles. The molecule has 0 unspecified atom stereocenters. The van der Waals surface area contributed by atoms with E-state index in [4.69, 9.17) is 23.1 Å². The standard InChI is InChI=1S/C32H31ClN10O5S/c33-26-28(35)40-27(34)24(39-26)29(45)41-31-37-18-32(42-31)10-13-43(14-11-32)30(46)23-9-2-1-8-22(23)25(44)20-6-3-7-21(15-20)49(47,48)38-17-19-5-4-12-36-16-19/h1-9,12,15-16,38H,10-11,13-14,17-18H2,(H4,34,35,40)(H2,37,41,42,45). The predicted octanol–water partition coefficient (Wildman–Crippen LogP) is 1.76. The summed E-state index contributed by atoms with van der Waals surface area (Å²) in [6.45, 7) is 1.21. The first-order chi connectivity index (χ1) is 23.4. The number of nitrogens with two attached hydrogens (primary N) is 2. The van der Waals surface area contributed by atoms with Crippen LogP contribution in [-0.2, 0) is 16.6 Å². The van der Waals surface area contributed by atoms with E-state index in [0.717, 1.165) is 0 Å². The van der Waals surface area contributed by atoms with Gasteiger partial charge in [-0.2, -0.15) is 4.99 Å². The lowest BCUT2D eigenvalue weighted by Gasteiger charge is -2.38. The molecule has 2 amide bonds. The molecule has 4 aromatic rings. The highest BCUT2D eigenvalue weighted by Crippen LogP contribution is 2.27. The van der Waals surface area contributed by atoms with Gasteiger partial charge in [0.1, 0.15) is 0 Å². The second kappa shape index (κ2) is 13.6. The fourth-order valence-electron chi connectivity index (χ4n) is 5.62. The summed E-state index contributed by atoms with van der Waals surface area (Å²) >= 11 is 5.89. The Labute approximate surface area is 286 Å². The van der Waals surface area contributed by atoms with Crippen molar-refractivity contribution in [2.24, 2.45) is 4.99 Å². The van der Waals surface area contributed by atoms with Gasteiger partial charge in [0.05, 0.1) is 16.0 Å². The first-order valence-electron chi connectivity index (χ1n) is 15.1. The van der Waals surface area contributed by atoms with Gasteiger partial charge in [-0.05, 0) is 42.7 Å². The highest BCUT2D eigenvalue weighted by atomic mass is 35.5. The molecule has 6 rings (SSSR count). The third-order valence-corrected chi connectivity index (χ3v) is 9.98. The molecule has 7 N–H and O–H groups in total. The Morgan fingerprint density at radius 3 is 2.47 bits per heavy atom. The minimum atomic E-state index is -3.95. The van der Waals surface area contributed by atoms with E-state index in [1.54, 1.807) is 53.7 Å². The number of amides is 2. The number of nitrogens with one attached hydrogen (secondary N) is 3. The molecule has 0 bridgehead atoms. The Hall–Kier alpha value is -5.45. The first-order valence-corrected chi connectivity index (χ1v) is 17.0. The van der Waals surface area contributed by atoms with Crippen LogP contribution in [0.25, 0.3) is 0 Å². The Kier molecular flexibility index (Phi) is 9.27. The number of halogens is 1. The molecule has 0 aliphatic carbocycles. The SMILES string of the molecule is Nc1nc(N)c(C(=O)/N=C2\NCC3(CCN(C(=O)c4ccccc4C(=O)c4cccc(S(=O)(=O)NCc5cccnc5)c4)CC3)N2)nc1Cl. The highest BCUT2D eigenvalue weighted by Gasteiger charge is 2.41. The smallest absolute Gasteiger partial charge is 0.302 e. The Morgan fingerprint density at radius 1 is 0.980 bits per heavy atom. The molecule has 15 nitrogen and oxygen atoms in total. The summed E-state index contributed by atoms with van der Waals surface area (Å²) in [4.78, 5) is 57.5. The maximum absolute atomic E-state index is 13.8. The fraction of sp³-hybridized carbons (Fsp3) is 0.219. The zero-order valence-electron chi connectivity index (χ0n) is 25.9. The van der Waals surface area contributed by atoms with Crippen LogP contribution in [0.5, 0.6) is 0 Å². The lowest BCUT2D eigenvalue weighted by Crippen LogP contribution is -2.53. The average molecular weight is 703 g/mol. The van der Waals surface area contributed by atoms with Crippen LogP contribution in [0, 0.1) is 0 Å². The molecule has 2 saturated heterocycles. The van der Waals surface area contributed by atoms with Crippen molar-refractivity contribution in [2.45, 2.75) is 29.8 Å². The molecular weight excluding hydrogens is 672 g/mol. The Balaban J connectivity index is 1.12. The van der Waals surface area contributed by atoms with E-state index in [2.05, 4.69) is 35.3 Å². The van der Waals surface area contributed by atoms with Crippen LogP contribution in [0.4, 0.5) is 11.6 Å². The second-order valence-electron chi connectivity index (χ2n) is 11.5. The zero-order valence-corrected chi connectivity index (χ0v) is 27.5. The summed E-state index contributed by atoms with van der Waals surface area (Å²) in [5.41, 5.74) is 11.8. The van der Waals surface area contributed by atoms with Crippen molar-refractivity contribution in [3.8, 4) is 0 Å². The number of guanidine groups is 1. The van der Waals surface area contributed by atoms with Crippen molar-refractivity contribution in [1.82, 2.24) is 35.2 Å². The van der Waals surface area contributed by atoms with E-state index in [0.29, 0.717) is 38.0 Å². The summed E-state index contributed by atoms with van der Waals surface area (Å²) in [6, 6.07) is 15.6. The number of hydrogen-bond donors (Lipinski definition) is 5. The van der Waals surface area contributed by atoms with Gasteiger partial charge in [0.15, 0.2) is 34.2 Å². The number of aliphatic imine (C=N–C) groups is 1. The average Bonchev–Trinajstić information content (AvgIpc) is 3.50. The minimum absolute atomic E-state index is 0.0316. The van der Waals surface area contributed by atoms with Gasteiger partial charge in [0.2, 0.25) is 10.0 Å². The first kappa shape index (κ1) is 33.5. The number of likely N-dealkylation sites (tertiary alicyclic amines) is 1. The fourth-order valence-corrected chi connectivity index (χ4v) is 6.81. The monoisotopic (exact) mass is 702 g/mol. The van der Waals surface area contributed by atoms with E-state index in [9.17, 15) is 22.8 Å². The van der Waals surface area contributed by atoms with E-state index in [1.165, 1.54) is 24.3 Å². The third kappa shape index (κ3) is 7.20. The number of ketones is 1. The van der Waals surface area contributed by atoms with Crippen molar-refractivity contribution in [3.05, 3.63) is 106 Å². The molecule has 2 aliphatic heterocycles. The molecule has 2 aliphatic rings. The summed E-state index contributed by atoms with van der Waals surface area (Å²) in [7, 11) is -3.95. The van der Waals surface area contributed by atoms with Crippen LogP contribution in [0.2, 0.25) is 5.15 Å². The molecule has 0 atom stereocenters. The number of anilines is 2. The Bertz CT molecular complexity index is 2090. The van der Waals surface area contributed by atoms with E-state index in [1.807, 2.05) is 0 Å². The lowest BCUT2D eigenvalue weighted by molar-refractivity contribution is 0.0665.